The predicted molar refractivity (Wildman–Crippen MR) is 80.3 cm³/mol. The number of unbranched alkanes of at least 4 members (excludes halogenated alkanes) is 1. The summed E-state index contributed by atoms with van der Waals surface area (Å²) in [4.78, 5) is 16.7. The van der Waals surface area contributed by atoms with E-state index in [0.717, 1.165) is 25.8 Å². The van der Waals surface area contributed by atoms with Gasteiger partial charge in [-0.1, -0.05) is 13.8 Å². The Balaban J connectivity index is 2.00. The summed E-state index contributed by atoms with van der Waals surface area (Å²) in [5.74, 6) is 0.447. The van der Waals surface area contributed by atoms with Crippen LogP contribution in [0, 0.1) is 5.92 Å². The molecule has 0 saturated carbocycles. The number of nitrogens with one attached hydrogen (secondary N) is 1. The Kier molecular flexibility index (Phi) is 8.07. The molecule has 1 heterocycles. The molecule has 1 rings (SSSR count). The van der Waals surface area contributed by atoms with E-state index >= 15 is 0 Å². The van der Waals surface area contributed by atoms with Crippen molar-refractivity contribution in [1.29, 1.82) is 0 Å². The summed E-state index contributed by atoms with van der Waals surface area (Å²) in [5.41, 5.74) is 0. The molecule has 4 nitrogen and oxygen atoms in total. The molecule has 0 aromatic rings. The molecule has 1 amide bonds. The van der Waals surface area contributed by atoms with Gasteiger partial charge in [0.25, 0.3) is 0 Å². The van der Waals surface area contributed by atoms with Crippen molar-refractivity contribution in [3.05, 3.63) is 0 Å². The number of rotatable bonds is 8. The van der Waals surface area contributed by atoms with Gasteiger partial charge >= 0.3 is 0 Å². The van der Waals surface area contributed by atoms with Crippen molar-refractivity contribution in [2.75, 3.05) is 46.3 Å². The zero-order valence-electron chi connectivity index (χ0n) is 13.0. The molecule has 0 spiro atoms. The first-order chi connectivity index (χ1) is 9.17. The summed E-state index contributed by atoms with van der Waals surface area (Å²) >= 11 is 0. The van der Waals surface area contributed by atoms with Crippen LogP contribution in [-0.4, -0.2) is 62.0 Å². The van der Waals surface area contributed by atoms with Gasteiger partial charge in [0.2, 0.25) is 5.91 Å². The number of piperazine rings is 1. The van der Waals surface area contributed by atoms with Crippen molar-refractivity contribution in [2.24, 2.45) is 5.92 Å². The predicted octanol–water partition coefficient (Wildman–Crippen LogP) is 1.57. The van der Waals surface area contributed by atoms with Crippen LogP contribution in [0.25, 0.3) is 0 Å². The Morgan fingerprint density at radius 2 is 1.74 bits per heavy atom. The van der Waals surface area contributed by atoms with Gasteiger partial charge < -0.3 is 15.1 Å². The molecule has 1 saturated heterocycles. The van der Waals surface area contributed by atoms with E-state index in [1.165, 1.54) is 39.1 Å². The van der Waals surface area contributed by atoms with Gasteiger partial charge in [-0.05, 0) is 39.3 Å². The van der Waals surface area contributed by atoms with Crippen LogP contribution >= 0.6 is 0 Å². The second-order valence-electron chi connectivity index (χ2n) is 5.66. The lowest BCUT2D eigenvalue weighted by Crippen LogP contribution is -2.44. The number of carbonyl (C=O) groups excluding carboxylic acids is 1. The second-order valence-corrected chi connectivity index (χ2v) is 5.66. The van der Waals surface area contributed by atoms with Crippen LogP contribution in [0.5, 0.6) is 0 Å². The van der Waals surface area contributed by atoms with E-state index in [-0.39, 0.29) is 11.8 Å². The molecule has 1 aliphatic heterocycles. The van der Waals surface area contributed by atoms with Crippen LogP contribution < -0.4 is 5.32 Å². The highest BCUT2D eigenvalue weighted by atomic mass is 16.1. The van der Waals surface area contributed by atoms with E-state index in [2.05, 4.69) is 36.0 Å². The van der Waals surface area contributed by atoms with Crippen LogP contribution in [0.4, 0.5) is 0 Å². The number of nitrogens with zero attached hydrogens (tertiary/aromatic N) is 2. The minimum absolute atomic E-state index is 0.206. The average Bonchev–Trinajstić information content (AvgIpc) is 2.42. The maximum atomic E-state index is 11.8. The molecule has 0 bridgehead atoms. The number of hydrogen-bond acceptors (Lipinski definition) is 3. The number of amides is 1. The fraction of sp³-hybridized carbons (Fsp3) is 0.933. The Morgan fingerprint density at radius 1 is 1.11 bits per heavy atom. The van der Waals surface area contributed by atoms with E-state index < -0.39 is 0 Å². The maximum absolute atomic E-state index is 11.8. The maximum Gasteiger partial charge on any atom is 0.223 e. The van der Waals surface area contributed by atoms with Gasteiger partial charge in [0.05, 0.1) is 0 Å². The van der Waals surface area contributed by atoms with Crippen molar-refractivity contribution in [1.82, 2.24) is 15.1 Å². The summed E-state index contributed by atoms with van der Waals surface area (Å²) in [5, 5.41) is 3.06. The summed E-state index contributed by atoms with van der Waals surface area (Å²) < 4.78 is 0. The summed E-state index contributed by atoms with van der Waals surface area (Å²) in [6.45, 7) is 10.9. The molecule has 19 heavy (non-hydrogen) atoms. The first-order valence-corrected chi connectivity index (χ1v) is 7.86. The van der Waals surface area contributed by atoms with Crippen molar-refractivity contribution in [3.8, 4) is 0 Å². The SMILES string of the molecule is CCC(CC)C(=O)NCCCCN1CCN(C)CC1. The average molecular weight is 269 g/mol. The van der Waals surface area contributed by atoms with Crippen molar-refractivity contribution in [3.63, 3.8) is 0 Å². The van der Waals surface area contributed by atoms with Gasteiger partial charge in [0.1, 0.15) is 0 Å². The number of hydrogen-bond donors (Lipinski definition) is 1. The van der Waals surface area contributed by atoms with E-state index in [4.69, 9.17) is 0 Å². The van der Waals surface area contributed by atoms with Gasteiger partial charge in [-0.2, -0.15) is 0 Å². The van der Waals surface area contributed by atoms with E-state index in [0.29, 0.717) is 0 Å². The molecular weight excluding hydrogens is 238 g/mol. The van der Waals surface area contributed by atoms with E-state index in [1.807, 2.05) is 0 Å². The molecule has 112 valence electrons. The third-order valence-corrected chi connectivity index (χ3v) is 4.15. The molecule has 0 aliphatic carbocycles. The molecular formula is C15H31N3O. The standard InChI is InChI=1S/C15H31N3O/c1-4-14(5-2)15(19)16-8-6-7-9-18-12-10-17(3)11-13-18/h14H,4-13H2,1-3H3,(H,16,19). The lowest BCUT2D eigenvalue weighted by Gasteiger charge is -2.32. The molecule has 0 aromatic carbocycles. The van der Waals surface area contributed by atoms with Crippen molar-refractivity contribution >= 4 is 5.91 Å². The second kappa shape index (κ2) is 9.32. The van der Waals surface area contributed by atoms with Crippen LogP contribution in [0.15, 0.2) is 0 Å². The van der Waals surface area contributed by atoms with Gasteiger partial charge in [0, 0.05) is 38.6 Å². The minimum Gasteiger partial charge on any atom is -0.356 e. The molecule has 0 unspecified atom stereocenters. The first-order valence-electron chi connectivity index (χ1n) is 7.86. The van der Waals surface area contributed by atoms with Crippen LogP contribution in [0.3, 0.4) is 0 Å². The van der Waals surface area contributed by atoms with E-state index in [9.17, 15) is 4.79 Å². The van der Waals surface area contributed by atoms with Crippen LogP contribution in [-0.2, 0) is 4.79 Å². The fourth-order valence-corrected chi connectivity index (χ4v) is 2.55. The van der Waals surface area contributed by atoms with Crippen molar-refractivity contribution < 1.29 is 4.79 Å². The Labute approximate surface area is 118 Å². The van der Waals surface area contributed by atoms with Gasteiger partial charge in [0.15, 0.2) is 0 Å². The smallest absolute Gasteiger partial charge is 0.223 e. The Morgan fingerprint density at radius 3 is 2.32 bits per heavy atom. The highest BCUT2D eigenvalue weighted by molar-refractivity contribution is 5.78. The van der Waals surface area contributed by atoms with Crippen LogP contribution in [0.1, 0.15) is 39.5 Å². The molecule has 0 radical (unpaired) electrons. The zero-order chi connectivity index (χ0) is 14.1. The lowest BCUT2D eigenvalue weighted by atomic mass is 10.0. The van der Waals surface area contributed by atoms with Crippen molar-refractivity contribution in [2.45, 2.75) is 39.5 Å². The van der Waals surface area contributed by atoms with Crippen LogP contribution in [0.2, 0.25) is 0 Å². The van der Waals surface area contributed by atoms with E-state index in [1.54, 1.807) is 0 Å². The summed E-state index contributed by atoms with van der Waals surface area (Å²) in [6, 6.07) is 0. The third-order valence-electron chi connectivity index (χ3n) is 4.15. The van der Waals surface area contributed by atoms with Gasteiger partial charge in [-0.25, -0.2) is 0 Å². The lowest BCUT2D eigenvalue weighted by molar-refractivity contribution is -0.125. The normalized spacial score (nSPS) is 17.9. The van der Waals surface area contributed by atoms with Gasteiger partial charge in [-0.15, -0.1) is 0 Å². The Hall–Kier alpha value is -0.610. The number of likely N-dealkylation sites (N-methyl/N-ethyl adjacent to an activating group) is 1. The summed E-state index contributed by atoms with van der Waals surface area (Å²) in [6.07, 6.45) is 4.18. The monoisotopic (exact) mass is 269 g/mol. The number of carbonyl (C=O) groups is 1. The Bertz CT molecular complexity index is 246. The minimum atomic E-state index is 0.206. The molecule has 1 fully saturated rings. The first kappa shape index (κ1) is 16.4. The zero-order valence-corrected chi connectivity index (χ0v) is 13.0. The largest absolute Gasteiger partial charge is 0.356 e. The molecule has 0 aromatic heterocycles. The molecule has 1 aliphatic rings. The quantitative estimate of drug-likeness (QED) is 0.679. The molecule has 4 heteroatoms. The highest BCUT2D eigenvalue weighted by Crippen LogP contribution is 2.07. The topological polar surface area (TPSA) is 35.6 Å². The molecule has 0 atom stereocenters. The third kappa shape index (κ3) is 6.39. The van der Waals surface area contributed by atoms with Gasteiger partial charge in [-0.3, -0.25) is 4.79 Å². The highest BCUT2D eigenvalue weighted by Gasteiger charge is 2.14. The fourth-order valence-electron chi connectivity index (χ4n) is 2.55. The molecule has 1 N–H and O–H groups in total. The summed E-state index contributed by atoms with van der Waals surface area (Å²) in [7, 11) is 2.19.